The van der Waals surface area contributed by atoms with Gasteiger partial charge in [0.25, 0.3) is 0 Å². The molecule has 5 nitrogen and oxygen atoms in total. The summed E-state index contributed by atoms with van der Waals surface area (Å²) in [6.45, 7) is 4.78. The molecule has 0 spiro atoms. The van der Waals surface area contributed by atoms with Gasteiger partial charge in [-0.2, -0.15) is 0 Å². The summed E-state index contributed by atoms with van der Waals surface area (Å²) in [6.07, 6.45) is 1.74. The maximum Gasteiger partial charge on any atom is 0.302 e. The van der Waals surface area contributed by atoms with E-state index in [1.54, 1.807) is 0 Å². The molecule has 98 valence electrons. The highest BCUT2D eigenvalue weighted by Gasteiger charge is 2.13. The number of hydrogen-bond donors (Lipinski definition) is 0. The molecule has 0 aliphatic rings. The molecule has 0 bridgehead atoms. The summed E-state index contributed by atoms with van der Waals surface area (Å²) in [5.41, 5.74) is 0. The third-order valence-corrected chi connectivity index (χ3v) is 2.16. The van der Waals surface area contributed by atoms with Gasteiger partial charge in [0.2, 0.25) is 0 Å². The molecule has 0 aliphatic carbocycles. The molecule has 0 fully saturated rings. The molecular formula is C12H20O5. The van der Waals surface area contributed by atoms with Gasteiger partial charge >= 0.3 is 11.9 Å². The summed E-state index contributed by atoms with van der Waals surface area (Å²) in [4.78, 5) is 32.2. The Morgan fingerprint density at radius 1 is 1.00 bits per heavy atom. The SMILES string of the molecule is CC(=O)CC(CCCOC(C)=O)COC(C)=O. The highest BCUT2D eigenvalue weighted by atomic mass is 16.5. The van der Waals surface area contributed by atoms with Crippen molar-refractivity contribution in [2.75, 3.05) is 13.2 Å². The number of carbonyl (C=O) groups excluding carboxylic acids is 3. The van der Waals surface area contributed by atoms with Gasteiger partial charge in [-0.1, -0.05) is 0 Å². The molecule has 5 heteroatoms. The minimum Gasteiger partial charge on any atom is -0.466 e. The first-order valence-electron chi connectivity index (χ1n) is 5.68. The van der Waals surface area contributed by atoms with Crippen molar-refractivity contribution in [3.63, 3.8) is 0 Å². The zero-order valence-corrected chi connectivity index (χ0v) is 10.7. The molecule has 0 aromatic heterocycles. The Kier molecular flexibility index (Phi) is 8.01. The number of hydrogen-bond acceptors (Lipinski definition) is 5. The van der Waals surface area contributed by atoms with E-state index < -0.39 is 0 Å². The van der Waals surface area contributed by atoms with Crippen LogP contribution in [0.4, 0.5) is 0 Å². The summed E-state index contributed by atoms with van der Waals surface area (Å²) in [5.74, 6) is -0.590. The van der Waals surface area contributed by atoms with E-state index in [9.17, 15) is 14.4 Å². The molecular weight excluding hydrogens is 224 g/mol. The minimum atomic E-state index is -0.349. The predicted molar refractivity (Wildman–Crippen MR) is 61.3 cm³/mol. The maximum absolute atomic E-state index is 11.0. The molecule has 0 saturated carbocycles. The Labute approximate surface area is 101 Å². The molecule has 0 aromatic carbocycles. The van der Waals surface area contributed by atoms with Crippen LogP contribution in [0.2, 0.25) is 0 Å². The summed E-state index contributed by atoms with van der Waals surface area (Å²) in [5, 5.41) is 0. The Balaban J connectivity index is 3.88. The van der Waals surface area contributed by atoms with Crippen molar-refractivity contribution in [3.8, 4) is 0 Å². The molecule has 1 atom stereocenters. The van der Waals surface area contributed by atoms with Crippen molar-refractivity contribution in [2.24, 2.45) is 5.92 Å². The van der Waals surface area contributed by atoms with E-state index in [2.05, 4.69) is 0 Å². The van der Waals surface area contributed by atoms with Gasteiger partial charge in [-0.05, 0) is 19.8 Å². The number of rotatable bonds is 8. The zero-order valence-electron chi connectivity index (χ0n) is 10.7. The van der Waals surface area contributed by atoms with Crippen molar-refractivity contribution < 1.29 is 23.9 Å². The van der Waals surface area contributed by atoms with Gasteiger partial charge in [-0.15, -0.1) is 0 Å². The minimum absolute atomic E-state index is 0.00644. The second kappa shape index (κ2) is 8.73. The lowest BCUT2D eigenvalue weighted by Gasteiger charge is -2.14. The number of esters is 2. The van der Waals surface area contributed by atoms with E-state index in [-0.39, 0.29) is 30.2 Å². The Hall–Kier alpha value is -1.39. The largest absolute Gasteiger partial charge is 0.466 e. The Morgan fingerprint density at radius 3 is 2.06 bits per heavy atom. The van der Waals surface area contributed by atoms with E-state index in [1.165, 1.54) is 20.8 Å². The molecule has 17 heavy (non-hydrogen) atoms. The van der Waals surface area contributed by atoms with Crippen molar-refractivity contribution in [1.29, 1.82) is 0 Å². The van der Waals surface area contributed by atoms with Gasteiger partial charge in [0.1, 0.15) is 5.78 Å². The number of Topliss-reactive ketones (excluding diaryl/α,β-unsaturated/α-hetero) is 1. The van der Waals surface area contributed by atoms with Crippen molar-refractivity contribution in [3.05, 3.63) is 0 Å². The van der Waals surface area contributed by atoms with Crippen LogP contribution in [0, 0.1) is 5.92 Å². The lowest BCUT2D eigenvalue weighted by atomic mass is 9.98. The van der Waals surface area contributed by atoms with E-state index in [0.29, 0.717) is 25.9 Å². The first-order valence-corrected chi connectivity index (χ1v) is 5.68. The average Bonchev–Trinajstić information content (AvgIpc) is 2.19. The highest BCUT2D eigenvalue weighted by molar-refractivity contribution is 5.75. The summed E-state index contributed by atoms with van der Waals surface area (Å²) in [6, 6.07) is 0. The zero-order chi connectivity index (χ0) is 13.3. The fourth-order valence-corrected chi connectivity index (χ4v) is 1.47. The van der Waals surface area contributed by atoms with Gasteiger partial charge in [0.05, 0.1) is 13.2 Å². The Bertz CT molecular complexity index is 272. The van der Waals surface area contributed by atoms with Crippen LogP contribution in [0.1, 0.15) is 40.0 Å². The third kappa shape index (κ3) is 10.9. The number of ketones is 1. The summed E-state index contributed by atoms with van der Waals surface area (Å²) in [7, 11) is 0. The Morgan fingerprint density at radius 2 is 1.59 bits per heavy atom. The van der Waals surface area contributed by atoms with Crippen LogP contribution >= 0.6 is 0 Å². The highest BCUT2D eigenvalue weighted by Crippen LogP contribution is 2.13. The maximum atomic E-state index is 11.0. The van der Waals surface area contributed by atoms with E-state index in [1.807, 2.05) is 0 Å². The molecule has 0 saturated heterocycles. The normalized spacial score (nSPS) is 11.7. The van der Waals surface area contributed by atoms with Crippen molar-refractivity contribution in [2.45, 2.75) is 40.0 Å². The molecule has 0 N–H and O–H groups in total. The standard InChI is InChI=1S/C12H20O5/c1-9(13)7-12(8-17-11(3)15)5-4-6-16-10(2)14/h12H,4-8H2,1-3H3. The van der Waals surface area contributed by atoms with Crippen molar-refractivity contribution >= 4 is 17.7 Å². The fraction of sp³-hybridized carbons (Fsp3) is 0.750. The van der Waals surface area contributed by atoms with E-state index >= 15 is 0 Å². The second-order valence-electron chi connectivity index (χ2n) is 4.06. The molecule has 0 amide bonds. The predicted octanol–water partition coefficient (Wildman–Crippen LogP) is 1.49. The van der Waals surface area contributed by atoms with Gasteiger partial charge in [-0.3, -0.25) is 9.59 Å². The molecule has 0 aromatic rings. The van der Waals surface area contributed by atoms with E-state index in [4.69, 9.17) is 9.47 Å². The number of ether oxygens (including phenoxy) is 2. The average molecular weight is 244 g/mol. The quantitative estimate of drug-likeness (QED) is 0.478. The first-order chi connectivity index (χ1) is 7.91. The molecule has 0 heterocycles. The van der Waals surface area contributed by atoms with Crippen LogP contribution in [0.25, 0.3) is 0 Å². The monoisotopic (exact) mass is 244 g/mol. The van der Waals surface area contributed by atoms with Crippen molar-refractivity contribution in [1.82, 2.24) is 0 Å². The fourth-order valence-electron chi connectivity index (χ4n) is 1.47. The molecule has 0 aliphatic heterocycles. The lowest BCUT2D eigenvalue weighted by Crippen LogP contribution is -2.16. The lowest BCUT2D eigenvalue weighted by molar-refractivity contribution is -0.143. The van der Waals surface area contributed by atoms with Crippen LogP contribution in [-0.2, 0) is 23.9 Å². The summed E-state index contributed by atoms with van der Waals surface area (Å²) < 4.78 is 9.68. The molecule has 0 radical (unpaired) electrons. The van der Waals surface area contributed by atoms with Crippen LogP contribution in [0.5, 0.6) is 0 Å². The van der Waals surface area contributed by atoms with Gasteiger partial charge in [0.15, 0.2) is 0 Å². The smallest absolute Gasteiger partial charge is 0.302 e. The van der Waals surface area contributed by atoms with Crippen LogP contribution in [0.15, 0.2) is 0 Å². The first kappa shape index (κ1) is 15.6. The topological polar surface area (TPSA) is 69.7 Å². The van der Waals surface area contributed by atoms with Gasteiger partial charge in [0, 0.05) is 26.2 Å². The van der Waals surface area contributed by atoms with Crippen LogP contribution in [0.3, 0.4) is 0 Å². The third-order valence-electron chi connectivity index (χ3n) is 2.16. The summed E-state index contributed by atoms with van der Waals surface area (Å²) >= 11 is 0. The van der Waals surface area contributed by atoms with Crippen LogP contribution in [-0.4, -0.2) is 30.9 Å². The molecule has 1 unspecified atom stereocenters. The van der Waals surface area contributed by atoms with E-state index in [0.717, 1.165) is 0 Å². The van der Waals surface area contributed by atoms with Gasteiger partial charge in [-0.25, -0.2) is 0 Å². The second-order valence-corrected chi connectivity index (χ2v) is 4.06. The van der Waals surface area contributed by atoms with Crippen LogP contribution < -0.4 is 0 Å². The van der Waals surface area contributed by atoms with Gasteiger partial charge < -0.3 is 14.3 Å². The molecule has 0 rings (SSSR count). The number of carbonyl (C=O) groups is 3.